The van der Waals surface area contributed by atoms with Crippen LogP contribution in [0.4, 0.5) is 5.69 Å². The van der Waals surface area contributed by atoms with E-state index in [4.69, 9.17) is 0 Å². The van der Waals surface area contributed by atoms with E-state index in [1.54, 1.807) is 11.3 Å². The molecule has 1 aromatic heterocycles. The van der Waals surface area contributed by atoms with Crippen LogP contribution in [0.3, 0.4) is 0 Å². The van der Waals surface area contributed by atoms with Gasteiger partial charge in [0.05, 0.1) is 15.7 Å². The van der Waals surface area contributed by atoms with E-state index in [0.29, 0.717) is 0 Å². The fourth-order valence-corrected chi connectivity index (χ4v) is 2.29. The maximum absolute atomic E-state index is 4.32. The number of benzene rings is 1. The molecule has 0 fully saturated rings. The van der Waals surface area contributed by atoms with Crippen molar-refractivity contribution in [3.8, 4) is 0 Å². The van der Waals surface area contributed by atoms with Crippen LogP contribution >= 0.6 is 11.3 Å². The molecule has 2 nitrogen and oxygen atoms in total. The van der Waals surface area contributed by atoms with Crippen LogP contribution in [0.2, 0.25) is 0 Å². The van der Waals surface area contributed by atoms with Gasteiger partial charge in [0.25, 0.3) is 0 Å². The lowest BCUT2D eigenvalue weighted by Gasteiger charge is -2.20. The second kappa shape index (κ2) is 3.96. The molecule has 0 atom stereocenters. The zero-order valence-electron chi connectivity index (χ0n) is 8.53. The second-order valence-corrected chi connectivity index (χ2v) is 4.06. The summed E-state index contributed by atoms with van der Waals surface area (Å²) in [4.78, 5) is 6.65. The number of hydrogen-bond acceptors (Lipinski definition) is 3. The Kier molecular flexibility index (Phi) is 2.68. The first-order valence-corrected chi connectivity index (χ1v) is 5.81. The maximum atomic E-state index is 4.32. The van der Waals surface area contributed by atoms with Gasteiger partial charge in [-0.3, -0.25) is 0 Å². The molecule has 0 aliphatic carbocycles. The van der Waals surface area contributed by atoms with Gasteiger partial charge in [-0.05, 0) is 32.0 Å². The number of aromatic nitrogens is 1. The lowest BCUT2D eigenvalue weighted by atomic mass is 10.2. The smallest absolute Gasteiger partial charge is 0.0832 e. The van der Waals surface area contributed by atoms with Gasteiger partial charge in [0.2, 0.25) is 0 Å². The van der Waals surface area contributed by atoms with Gasteiger partial charge in [-0.2, -0.15) is 0 Å². The zero-order chi connectivity index (χ0) is 9.97. The number of rotatable bonds is 3. The van der Waals surface area contributed by atoms with Gasteiger partial charge in [-0.25, -0.2) is 4.98 Å². The molecule has 0 amide bonds. The Morgan fingerprint density at radius 1 is 1.29 bits per heavy atom. The summed E-state index contributed by atoms with van der Waals surface area (Å²) in [7, 11) is 0. The first kappa shape index (κ1) is 9.46. The molecular weight excluding hydrogens is 192 g/mol. The summed E-state index contributed by atoms with van der Waals surface area (Å²) in [5, 5.41) is 0. The Labute approximate surface area is 88.2 Å². The van der Waals surface area contributed by atoms with E-state index in [1.807, 2.05) is 5.51 Å². The quantitative estimate of drug-likeness (QED) is 0.767. The van der Waals surface area contributed by atoms with E-state index in [9.17, 15) is 0 Å². The van der Waals surface area contributed by atoms with Crippen LogP contribution in [-0.4, -0.2) is 18.1 Å². The highest BCUT2D eigenvalue weighted by molar-refractivity contribution is 7.16. The maximum Gasteiger partial charge on any atom is 0.0832 e. The number of anilines is 1. The van der Waals surface area contributed by atoms with Crippen LogP contribution in [0.15, 0.2) is 23.7 Å². The Morgan fingerprint density at radius 3 is 2.79 bits per heavy atom. The average molecular weight is 206 g/mol. The topological polar surface area (TPSA) is 16.1 Å². The van der Waals surface area contributed by atoms with Crippen LogP contribution in [0.1, 0.15) is 13.8 Å². The fourth-order valence-electron chi connectivity index (χ4n) is 1.63. The normalized spacial score (nSPS) is 10.7. The van der Waals surface area contributed by atoms with Gasteiger partial charge in [-0.15, -0.1) is 11.3 Å². The Hall–Kier alpha value is -1.09. The summed E-state index contributed by atoms with van der Waals surface area (Å²) in [6.07, 6.45) is 0. The SMILES string of the molecule is CCN(CC)c1ccc2scnc2c1. The third-order valence-electron chi connectivity index (χ3n) is 2.44. The van der Waals surface area contributed by atoms with Gasteiger partial charge in [0.15, 0.2) is 0 Å². The molecule has 2 rings (SSSR count). The highest BCUT2D eigenvalue weighted by Crippen LogP contribution is 2.23. The van der Waals surface area contributed by atoms with Crippen LogP contribution in [-0.2, 0) is 0 Å². The Morgan fingerprint density at radius 2 is 2.07 bits per heavy atom. The van der Waals surface area contributed by atoms with Crippen molar-refractivity contribution in [3.05, 3.63) is 23.7 Å². The minimum Gasteiger partial charge on any atom is -0.372 e. The summed E-state index contributed by atoms with van der Waals surface area (Å²) in [6.45, 7) is 6.45. The predicted molar refractivity (Wildman–Crippen MR) is 63.2 cm³/mol. The summed E-state index contributed by atoms with van der Waals surface area (Å²) < 4.78 is 1.26. The number of nitrogens with zero attached hydrogens (tertiary/aromatic N) is 2. The number of hydrogen-bond donors (Lipinski definition) is 0. The van der Waals surface area contributed by atoms with Gasteiger partial charge >= 0.3 is 0 Å². The molecule has 1 heterocycles. The van der Waals surface area contributed by atoms with Crippen LogP contribution in [0.5, 0.6) is 0 Å². The van der Waals surface area contributed by atoms with Crippen LogP contribution in [0, 0.1) is 0 Å². The lowest BCUT2D eigenvalue weighted by molar-refractivity contribution is 0.867. The fraction of sp³-hybridized carbons (Fsp3) is 0.364. The van der Waals surface area contributed by atoms with Crippen molar-refractivity contribution in [1.29, 1.82) is 0 Å². The molecule has 14 heavy (non-hydrogen) atoms. The molecule has 0 spiro atoms. The molecule has 0 saturated carbocycles. The van der Waals surface area contributed by atoms with Crippen molar-refractivity contribution in [2.24, 2.45) is 0 Å². The molecule has 0 aliphatic rings. The summed E-state index contributed by atoms with van der Waals surface area (Å²) in [5.41, 5.74) is 4.28. The van der Waals surface area contributed by atoms with E-state index in [1.165, 1.54) is 10.4 Å². The molecule has 0 saturated heterocycles. The van der Waals surface area contributed by atoms with E-state index in [-0.39, 0.29) is 0 Å². The highest BCUT2D eigenvalue weighted by atomic mass is 32.1. The molecule has 2 aromatic rings. The number of fused-ring (bicyclic) bond motifs is 1. The molecule has 0 aliphatic heterocycles. The van der Waals surface area contributed by atoms with Gasteiger partial charge in [0.1, 0.15) is 0 Å². The van der Waals surface area contributed by atoms with E-state index in [0.717, 1.165) is 18.6 Å². The van der Waals surface area contributed by atoms with Crippen molar-refractivity contribution in [1.82, 2.24) is 4.98 Å². The van der Waals surface area contributed by atoms with Crippen molar-refractivity contribution in [2.45, 2.75) is 13.8 Å². The van der Waals surface area contributed by atoms with Gasteiger partial charge in [-0.1, -0.05) is 0 Å². The van der Waals surface area contributed by atoms with Crippen LogP contribution < -0.4 is 4.90 Å². The number of thiazole rings is 1. The molecular formula is C11H14N2S. The zero-order valence-corrected chi connectivity index (χ0v) is 9.34. The third kappa shape index (κ3) is 1.60. The molecule has 0 unspecified atom stereocenters. The highest BCUT2D eigenvalue weighted by Gasteiger charge is 2.03. The van der Waals surface area contributed by atoms with Gasteiger partial charge in [0, 0.05) is 18.8 Å². The molecule has 74 valence electrons. The Bertz CT molecular complexity index is 418. The van der Waals surface area contributed by atoms with Crippen molar-refractivity contribution >= 4 is 27.2 Å². The molecule has 0 bridgehead atoms. The molecule has 0 N–H and O–H groups in total. The average Bonchev–Trinajstić information content (AvgIpc) is 2.66. The van der Waals surface area contributed by atoms with Crippen molar-refractivity contribution in [3.63, 3.8) is 0 Å². The standard InChI is InChI=1S/C11H14N2S/c1-3-13(4-2)9-5-6-11-10(7-9)12-8-14-11/h5-8H,3-4H2,1-2H3. The van der Waals surface area contributed by atoms with Crippen molar-refractivity contribution < 1.29 is 0 Å². The molecule has 0 radical (unpaired) electrons. The minimum atomic E-state index is 1.05. The third-order valence-corrected chi connectivity index (χ3v) is 3.25. The first-order chi connectivity index (χ1) is 6.85. The molecule has 3 heteroatoms. The largest absolute Gasteiger partial charge is 0.372 e. The minimum absolute atomic E-state index is 1.05. The molecule has 1 aromatic carbocycles. The predicted octanol–water partition coefficient (Wildman–Crippen LogP) is 3.14. The van der Waals surface area contributed by atoms with E-state index in [2.05, 4.69) is 41.9 Å². The first-order valence-electron chi connectivity index (χ1n) is 4.93. The second-order valence-electron chi connectivity index (χ2n) is 3.18. The van der Waals surface area contributed by atoms with E-state index >= 15 is 0 Å². The lowest BCUT2D eigenvalue weighted by Crippen LogP contribution is -2.21. The summed E-state index contributed by atoms with van der Waals surface area (Å²) >= 11 is 1.69. The summed E-state index contributed by atoms with van der Waals surface area (Å²) in [5.74, 6) is 0. The van der Waals surface area contributed by atoms with E-state index < -0.39 is 0 Å². The Balaban J connectivity index is 2.42. The van der Waals surface area contributed by atoms with Gasteiger partial charge < -0.3 is 4.90 Å². The van der Waals surface area contributed by atoms with Crippen LogP contribution in [0.25, 0.3) is 10.2 Å². The monoisotopic (exact) mass is 206 g/mol. The summed E-state index contributed by atoms with van der Waals surface area (Å²) in [6, 6.07) is 6.49. The van der Waals surface area contributed by atoms with Crippen molar-refractivity contribution in [2.75, 3.05) is 18.0 Å².